The number of aliphatic hydroxyl groups excluding tert-OH is 24. The zero-order valence-electron chi connectivity index (χ0n) is 77.8. The number of amides is 3. The van der Waals surface area contributed by atoms with Crippen LogP contribution in [0.1, 0.15) is 299 Å². The van der Waals surface area contributed by atoms with E-state index in [1.807, 2.05) is 0 Å². The van der Waals surface area contributed by atoms with E-state index in [-0.39, 0.29) is 30.7 Å². The predicted molar refractivity (Wildman–Crippen MR) is 477 cm³/mol. The fraction of sp³-hybridized carbons (Fsp3) is 0.891. The summed E-state index contributed by atoms with van der Waals surface area (Å²) in [4.78, 5) is 56.1. The van der Waals surface area contributed by atoms with Gasteiger partial charge in [0, 0.05) is 30.5 Å². The maximum Gasteiger partial charge on any atom is 0.255 e. The Hall–Kier alpha value is -3.94. The molecule has 0 spiro atoms. The molecule has 1 aromatic carbocycles. The minimum absolute atomic E-state index is 0.0498. The topological polar surface area (TPSA) is 631 Å². The number of hydrogen-bond donors (Lipinski definition) is 25. The van der Waals surface area contributed by atoms with Crippen molar-refractivity contribution in [2.24, 2.45) is 0 Å². The van der Waals surface area contributed by atoms with Gasteiger partial charge in [-0.2, -0.15) is 0 Å². The molecule has 0 radical (unpaired) electrons. The summed E-state index contributed by atoms with van der Waals surface area (Å²) in [6.45, 7) is 4.89. The summed E-state index contributed by atoms with van der Waals surface area (Å²) < 4.78 is 33.5. The quantitative estimate of drug-likeness (QED) is 0.0240. The Morgan fingerprint density at radius 1 is 0.354 bits per heavy atom. The molecule has 4 aliphatic heterocycles. The molecule has 0 bridgehead atoms. The van der Waals surface area contributed by atoms with E-state index in [0.29, 0.717) is 31.4 Å². The second-order valence-electron chi connectivity index (χ2n) is 35.5. The van der Waals surface area contributed by atoms with Gasteiger partial charge in [0.05, 0.1) is 59.4 Å². The smallest absolute Gasteiger partial charge is 0.255 e. The average molecular weight is 1880 g/mol. The summed E-state index contributed by atoms with van der Waals surface area (Å²) in [6, 6.07) is 6.05. The van der Waals surface area contributed by atoms with Crippen LogP contribution in [0, 0.1) is 0 Å². The third-order valence-corrected chi connectivity index (χ3v) is 24.7. The Labute approximate surface area is 768 Å². The summed E-state index contributed by atoms with van der Waals surface area (Å²) >= 11 is 0. The lowest BCUT2D eigenvalue weighted by Gasteiger charge is -2.48. The summed E-state index contributed by atoms with van der Waals surface area (Å²) in [7, 11) is 0. The zero-order chi connectivity index (χ0) is 96.8. The van der Waals surface area contributed by atoms with Crippen LogP contribution in [0.15, 0.2) is 24.3 Å². The van der Waals surface area contributed by atoms with Crippen molar-refractivity contribution in [3.63, 3.8) is 0 Å². The Balaban J connectivity index is 0.000000515. The van der Waals surface area contributed by atoms with Gasteiger partial charge < -0.3 is 166 Å². The zero-order valence-corrected chi connectivity index (χ0v) is 77.8. The number of hydrogen-bond acceptors (Lipinski definition) is 35. The van der Waals surface area contributed by atoms with Crippen LogP contribution in [0.2, 0.25) is 0 Å². The van der Waals surface area contributed by atoms with Gasteiger partial charge in [-0.1, -0.05) is 245 Å². The van der Waals surface area contributed by atoms with E-state index in [1.165, 1.54) is 145 Å². The lowest BCUT2D eigenvalue weighted by atomic mass is 9.95. The number of carbonyl (C=O) groups excluding carboxylic acids is 4. The van der Waals surface area contributed by atoms with Crippen molar-refractivity contribution in [1.29, 1.82) is 0 Å². The number of carbonyl (C=O) groups is 4. The number of rotatable bonds is 66. The maximum atomic E-state index is 13.7. The summed E-state index contributed by atoms with van der Waals surface area (Å²) in [5, 5.41) is 247. The van der Waals surface area contributed by atoms with Crippen molar-refractivity contribution in [3.05, 3.63) is 35.4 Å². The number of ether oxygens (including phenoxy) is 6. The van der Waals surface area contributed by atoms with Crippen LogP contribution in [0.5, 0.6) is 0 Å². The van der Waals surface area contributed by atoms with Gasteiger partial charge in [-0.05, 0) is 51.3 Å². The largest absolute Gasteiger partial charge is 0.394 e. The van der Waals surface area contributed by atoms with Gasteiger partial charge in [-0.3, -0.25) is 24.5 Å². The fourth-order valence-corrected chi connectivity index (χ4v) is 16.2. The Bertz CT molecular complexity index is 2970. The highest BCUT2D eigenvalue weighted by molar-refractivity contribution is 5.98. The van der Waals surface area contributed by atoms with E-state index in [0.717, 1.165) is 113 Å². The number of benzene rings is 1. The first-order chi connectivity index (χ1) is 62.2. The second kappa shape index (κ2) is 69.0. The third kappa shape index (κ3) is 42.2. The Morgan fingerprint density at radius 3 is 1.02 bits per heavy atom. The molecule has 4 heterocycles. The first-order valence-corrected chi connectivity index (χ1v) is 48.3. The van der Waals surface area contributed by atoms with E-state index in [1.54, 1.807) is 0 Å². The van der Waals surface area contributed by atoms with Crippen molar-refractivity contribution in [2.75, 3.05) is 72.5 Å². The number of unbranched alkanes of at least 4 members (excludes halogenated alkanes) is 32. The molecule has 4 aliphatic rings. The lowest BCUT2D eigenvalue weighted by Crippen LogP contribution is -2.67. The molecule has 38 heteroatoms. The molecule has 38 nitrogen and oxygen atoms in total. The van der Waals surface area contributed by atoms with Crippen molar-refractivity contribution in [3.8, 4) is 0 Å². The molecular formula is C92H170N4O34. The standard InChI is InChI=1S/C39H78N2O12.C31H49NO12.C22H43NO10/c1-3-5-7-9-11-13-15-17-19-21-23-34(48)40(25-30(44)36(50)38(52)32(46)27-42)29-41(26-31(45)37(51)39(53)33(47)28-43)35(49)24-22-20-18-16-14-12-10-8-6-4-2;1-3-4-5-6-7-8-9-10-15-32(29(41)20-13-11-19(12-14-20)18(2)35)30-26(39)25(38)28(22(17-34)42-30)44-31-27(40)24(37)23(36)21(16-33)43-31;1-2-3-4-5-6-7-8-9-10-23-21-18(29)17(28)20(14(12-25)31-21)33-22-19(30)16(27)15(26)13(11-24)32-22/h30-33,36-39,42-47,50-53H,3-29H2,1-2H3;11-14,21-28,30-31,33-34,36-40H,3-10,15-17H2,1-2H3;13-30H,2-12H2,1H3. The third-order valence-electron chi connectivity index (χ3n) is 24.7. The van der Waals surface area contributed by atoms with Gasteiger partial charge in [0.25, 0.3) is 5.91 Å². The maximum absolute atomic E-state index is 13.7. The molecule has 3 amide bonds. The molecule has 28 atom stereocenters. The monoisotopic (exact) mass is 1880 g/mol. The van der Waals surface area contributed by atoms with Crippen LogP contribution in [-0.4, -0.2) is 405 Å². The Morgan fingerprint density at radius 2 is 0.669 bits per heavy atom. The first-order valence-electron chi connectivity index (χ1n) is 48.3. The first kappa shape index (κ1) is 120. The van der Waals surface area contributed by atoms with Gasteiger partial charge >= 0.3 is 0 Å². The molecule has 28 unspecified atom stereocenters. The summed E-state index contributed by atoms with van der Waals surface area (Å²) in [5.41, 5.74) is 0.661. The second-order valence-corrected chi connectivity index (χ2v) is 35.5. The van der Waals surface area contributed by atoms with E-state index in [4.69, 9.17) is 28.4 Å². The number of aliphatic hydroxyl groups is 24. The number of Topliss-reactive ketones (excluding diaryl/α,β-unsaturated/α-hetero) is 1. The molecule has 0 aliphatic carbocycles. The molecule has 4 fully saturated rings. The van der Waals surface area contributed by atoms with Gasteiger partial charge in [0.15, 0.2) is 24.6 Å². The van der Waals surface area contributed by atoms with Crippen LogP contribution < -0.4 is 5.32 Å². The molecule has 5 rings (SSSR count). The predicted octanol–water partition coefficient (Wildman–Crippen LogP) is 0.532. The number of ketones is 1. The van der Waals surface area contributed by atoms with Crippen molar-refractivity contribution >= 4 is 23.5 Å². The normalized spacial score (nSPS) is 27.7. The highest BCUT2D eigenvalue weighted by Gasteiger charge is 2.54. The molecule has 0 saturated carbocycles. The highest BCUT2D eigenvalue weighted by Crippen LogP contribution is 2.34. The lowest BCUT2D eigenvalue weighted by molar-refractivity contribution is -0.347. The van der Waals surface area contributed by atoms with Crippen molar-refractivity contribution in [1.82, 2.24) is 20.0 Å². The summed E-state index contributed by atoms with van der Waals surface area (Å²) in [6.07, 6.45) is -6.02. The van der Waals surface area contributed by atoms with Crippen LogP contribution in [0.3, 0.4) is 0 Å². The molecule has 130 heavy (non-hydrogen) atoms. The van der Waals surface area contributed by atoms with Crippen molar-refractivity contribution < 1.29 is 170 Å². The molecule has 762 valence electrons. The van der Waals surface area contributed by atoms with Gasteiger partial charge in [-0.25, -0.2) is 0 Å². The molecule has 0 aromatic heterocycles. The van der Waals surface area contributed by atoms with E-state index < -0.39 is 249 Å². The van der Waals surface area contributed by atoms with Crippen LogP contribution >= 0.6 is 0 Å². The number of nitrogens with zero attached hydrogens (tertiary/aromatic N) is 3. The van der Waals surface area contributed by atoms with Crippen LogP contribution in [0.25, 0.3) is 0 Å². The number of nitrogens with one attached hydrogen (secondary N) is 1. The van der Waals surface area contributed by atoms with E-state index >= 15 is 0 Å². The minimum atomic E-state index is -1.96. The fourth-order valence-electron chi connectivity index (χ4n) is 16.2. The summed E-state index contributed by atoms with van der Waals surface area (Å²) in [5.74, 6) is -1.62. The molecule has 4 saturated heterocycles. The van der Waals surface area contributed by atoms with E-state index in [9.17, 15) is 142 Å². The molecule has 25 N–H and O–H groups in total. The molecule has 1 aromatic rings. The van der Waals surface area contributed by atoms with Crippen LogP contribution in [-0.2, 0) is 38.0 Å². The Kier molecular flexibility index (Phi) is 63.8. The van der Waals surface area contributed by atoms with Gasteiger partial charge in [0.1, 0.15) is 153 Å². The minimum Gasteiger partial charge on any atom is -0.394 e. The highest BCUT2D eigenvalue weighted by atomic mass is 16.7. The van der Waals surface area contributed by atoms with E-state index in [2.05, 4.69) is 33.0 Å². The van der Waals surface area contributed by atoms with Crippen molar-refractivity contribution in [2.45, 2.75) is 450 Å². The van der Waals surface area contributed by atoms with Gasteiger partial charge in [0.2, 0.25) is 11.8 Å². The van der Waals surface area contributed by atoms with Crippen LogP contribution in [0.4, 0.5) is 0 Å². The SMILES string of the molecule is CCCCCCCCCCCCC(=O)N(CC(O)C(O)C(O)C(O)CO)CN(CC(O)C(O)C(O)C(O)CO)C(=O)CCCCCCCCCCCC.CCCCCCCCCCN(C(=O)c1ccc(C(C)=O)cc1)C1OC(CO)C(OC2OC(CO)C(O)C(O)C2O)C(O)C1O.CCCCCCCCCCNC1OC(CO)C(OC2OC(CO)C(O)C(O)C2O)C(O)C1O. The van der Waals surface area contributed by atoms with Gasteiger partial charge in [-0.15, -0.1) is 0 Å². The molecular weight excluding hydrogens is 1710 g/mol. The average Bonchev–Trinajstić information content (AvgIpc) is 0.779.